The fourth-order valence-corrected chi connectivity index (χ4v) is 3.34. The molecule has 0 saturated carbocycles. The zero-order chi connectivity index (χ0) is 17.4. The molecule has 6 nitrogen and oxygen atoms in total. The molecule has 0 aliphatic carbocycles. The average Bonchev–Trinajstić information content (AvgIpc) is 3.04. The molecule has 25 heavy (non-hydrogen) atoms. The van der Waals surface area contributed by atoms with Crippen LogP contribution in [-0.4, -0.2) is 31.7 Å². The molecule has 1 aliphatic heterocycles. The number of nitrogens with zero attached hydrogens (tertiary/aromatic N) is 4. The van der Waals surface area contributed by atoms with Gasteiger partial charge in [0.1, 0.15) is 17.3 Å². The smallest absolute Gasteiger partial charge is 0.270 e. The second-order valence-corrected chi connectivity index (χ2v) is 6.84. The van der Waals surface area contributed by atoms with Gasteiger partial charge in [-0.05, 0) is 18.6 Å². The molecule has 6 heteroatoms. The SMILES string of the molecule is CC(C)c1nnc2n1C[C@@H](NC(=O)c1ccc3ccccc3n1)CC2. The van der Waals surface area contributed by atoms with Gasteiger partial charge in [-0.2, -0.15) is 0 Å². The van der Waals surface area contributed by atoms with E-state index in [0.717, 1.165) is 41.9 Å². The van der Waals surface area contributed by atoms with E-state index in [9.17, 15) is 4.79 Å². The number of aryl methyl sites for hydroxylation is 1. The Balaban J connectivity index is 1.51. The fraction of sp³-hybridized carbons (Fsp3) is 0.368. The van der Waals surface area contributed by atoms with Crippen molar-refractivity contribution in [3.63, 3.8) is 0 Å². The summed E-state index contributed by atoms with van der Waals surface area (Å²) in [6.07, 6.45) is 1.70. The Bertz CT molecular complexity index is 930. The van der Waals surface area contributed by atoms with Crippen molar-refractivity contribution >= 4 is 16.8 Å². The standard InChI is InChI=1S/C19H21N5O/c1-12(2)18-23-22-17-10-8-14(11-24(17)18)20-19(25)16-9-7-13-5-3-4-6-15(13)21-16/h3-7,9,12,14H,8,10-11H2,1-2H3,(H,20,25)/t14-/m0/s1. The van der Waals surface area contributed by atoms with Crippen LogP contribution < -0.4 is 5.32 Å². The molecular weight excluding hydrogens is 314 g/mol. The Kier molecular flexibility index (Phi) is 3.95. The number of hydrogen-bond donors (Lipinski definition) is 1. The van der Waals surface area contributed by atoms with Gasteiger partial charge >= 0.3 is 0 Å². The number of hydrogen-bond acceptors (Lipinski definition) is 4. The van der Waals surface area contributed by atoms with Gasteiger partial charge in [-0.1, -0.05) is 38.1 Å². The molecule has 1 atom stereocenters. The largest absolute Gasteiger partial charge is 0.346 e. The molecule has 3 heterocycles. The summed E-state index contributed by atoms with van der Waals surface area (Å²) < 4.78 is 2.15. The number of fused-ring (bicyclic) bond motifs is 2. The average molecular weight is 335 g/mol. The second kappa shape index (κ2) is 6.27. The Morgan fingerprint density at radius 1 is 1.20 bits per heavy atom. The van der Waals surface area contributed by atoms with Gasteiger partial charge in [0.2, 0.25) is 0 Å². The molecule has 1 aromatic carbocycles. The second-order valence-electron chi connectivity index (χ2n) is 6.84. The van der Waals surface area contributed by atoms with Crippen LogP contribution in [0.25, 0.3) is 10.9 Å². The summed E-state index contributed by atoms with van der Waals surface area (Å²) in [6, 6.07) is 11.6. The van der Waals surface area contributed by atoms with E-state index < -0.39 is 0 Å². The molecule has 2 aromatic heterocycles. The van der Waals surface area contributed by atoms with E-state index in [4.69, 9.17) is 0 Å². The minimum atomic E-state index is -0.127. The number of benzene rings is 1. The Hall–Kier alpha value is -2.76. The van der Waals surface area contributed by atoms with Gasteiger partial charge in [0.15, 0.2) is 0 Å². The van der Waals surface area contributed by atoms with E-state index in [1.165, 1.54) is 0 Å². The van der Waals surface area contributed by atoms with Crippen molar-refractivity contribution in [2.75, 3.05) is 0 Å². The van der Waals surface area contributed by atoms with Crippen LogP contribution in [0.15, 0.2) is 36.4 Å². The van der Waals surface area contributed by atoms with Gasteiger partial charge in [0.05, 0.1) is 5.52 Å². The lowest BCUT2D eigenvalue weighted by Gasteiger charge is -2.25. The van der Waals surface area contributed by atoms with E-state index in [2.05, 4.69) is 38.9 Å². The van der Waals surface area contributed by atoms with Crippen molar-refractivity contribution in [1.29, 1.82) is 0 Å². The molecule has 0 saturated heterocycles. The first-order valence-corrected chi connectivity index (χ1v) is 8.70. The lowest BCUT2D eigenvalue weighted by atomic mass is 10.1. The number of pyridine rings is 1. The van der Waals surface area contributed by atoms with Crippen molar-refractivity contribution in [3.05, 3.63) is 53.7 Å². The zero-order valence-corrected chi connectivity index (χ0v) is 14.4. The maximum absolute atomic E-state index is 12.6. The van der Waals surface area contributed by atoms with Gasteiger partial charge in [-0.15, -0.1) is 10.2 Å². The van der Waals surface area contributed by atoms with Gasteiger partial charge in [0, 0.05) is 30.3 Å². The van der Waals surface area contributed by atoms with E-state index >= 15 is 0 Å². The van der Waals surface area contributed by atoms with Crippen LogP contribution in [0.3, 0.4) is 0 Å². The predicted molar refractivity (Wildman–Crippen MR) is 95.4 cm³/mol. The summed E-state index contributed by atoms with van der Waals surface area (Å²) in [5, 5.41) is 12.7. The molecule has 0 fully saturated rings. The molecule has 0 unspecified atom stereocenters. The number of rotatable bonds is 3. The molecule has 4 rings (SSSR count). The van der Waals surface area contributed by atoms with Crippen LogP contribution in [0, 0.1) is 0 Å². The third-order valence-corrected chi connectivity index (χ3v) is 4.66. The maximum atomic E-state index is 12.6. The highest BCUT2D eigenvalue weighted by atomic mass is 16.1. The summed E-state index contributed by atoms with van der Waals surface area (Å²) in [6.45, 7) is 4.94. The Morgan fingerprint density at radius 3 is 2.88 bits per heavy atom. The molecule has 1 N–H and O–H groups in total. The monoisotopic (exact) mass is 335 g/mol. The van der Waals surface area contributed by atoms with Gasteiger partial charge in [0.25, 0.3) is 5.91 Å². The number of para-hydroxylation sites is 1. The molecule has 128 valence electrons. The molecule has 0 spiro atoms. The number of nitrogens with one attached hydrogen (secondary N) is 1. The quantitative estimate of drug-likeness (QED) is 0.799. The molecule has 3 aromatic rings. The third kappa shape index (κ3) is 2.99. The molecule has 1 aliphatic rings. The number of carbonyl (C=O) groups excluding carboxylic acids is 1. The van der Waals surface area contributed by atoms with E-state index in [1.54, 1.807) is 6.07 Å². The Labute approximate surface area is 146 Å². The number of aromatic nitrogens is 4. The summed E-state index contributed by atoms with van der Waals surface area (Å²) in [7, 11) is 0. The van der Waals surface area contributed by atoms with Crippen LogP contribution in [0.1, 0.15) is 48.3 Å². The third-order valence-electron chi connectivity index (χ3n) is 4.66. The topological polar surface area (TPSA) is 72.7 Å². The fourth-order valence-electron chi connectivity index (χ4n) is 3.34. The predicted octanol–water partition coefficient (Wildman–Crippen LogP) is 2.69. The maximum Gasteiger partial charge on any atom is 0.270 e. The summed E-state index contributed by atoms with van der Waals surface area (Å²) in [4.78, 5) is 17.1. The van der Waals surface area contributed by atoms with Crippen LogP contribution in [-0.2, 0) is 13.0 Å². The van der Waals surface area contributed by atoms with Crippen molar-refractivity contribution in [3.8, 4) is 0 Å². The highest BCUT2D eigenvalue weighted by Crippen LogP contribution is 2.20. The minimum Gasteiger partial charge on any atom is -0.346 e. The first-order valence-electron chi connectivity index (χ1n) is 8.70. The number of carbonyl (C=O) groups is 1. The molecular formula is C19H21N5O. The first-order chi connectivity index (χ1) is 12.1. The van der Waals surface area contributed by atoms with Crippen LogP contribution >= 0.6 is 0 Å². The number of amides is 1. The molecule has 1 amide bonds. The van der Waals surface area contributed by atoms with E-state index in [-0.39, 0.29) is 11.9 Å². The van der Waals surface area contributed by atoms with Crippen molar-refractivity contribution in [2.24, 2.45) is 0 Å². The van der Waals surface area contributed by atoms with Gasteiger partial charge < -0.3 is 9.88 Å². The van der Waals surface area contributed by atoms with Crippen molar-refractivity contribution < 1.29 is 4.79 Å². The summed E-state index contributed by atoms with van der Waals surface area (Å²) >= 11 is 0. The van der Waals surface area contributed by atoms with Crippen molar-refractivity contribution in [1.82, 2.24) is 25.1 Å². The Morgan fingerprint density at radius 2 is 2.04 bits per heavy atom. The summed E-state index contributed by atoms with van der Waals surface area (Å²) in [5.74, 6) is 2.19. The molecule has 0 bridgehead atoms. The van der Waals surface area contributed by atoms with Crippen molar-refractivity contribution in [2.45, 2.75) is 45.2 Å². The normalized spacial score (nSPS) is 16.8. The van der Waals surface area contributed by atoms with Crippen LogP contribution in [0.4, 0.5) is 0 Å². The zero-order valence-electron chi connectivity index (χ0n) is 14.4. The van der Waals surface area contributed by atoms with Gasteiger partial charge in [-0.25, -0.2) is 4.98 Å². The first kappa shape index (κ1) is 15.7. The van der Waals surface area contributed by atoms with Crippen LogP contribution in [0.5, 0.6) is 0 Å². The minimum absolute atomic E-state index is 0.0711. The highest BCUT2D eigenvalue weighted by Gasteiger charge is 2.25. The molecule has 0 radical (unpaired) electrons. The van der Waals surface area contributed by atoms with E-state index in [0.29, 0.717) is 11.6 Å². The summed E-state index contributed by atoms with van der Waals surface area (Å²) in [5.41, 5.74) is 1.29. The lowest BCUT2D eigenvalue weighted by Crippen LogP contribution is -2.41. The van der Waals surface area contributed by atoms with Gasteiger partial charge in [-0.3, -0.25) is 4.79 Å². The van der Waals surface area contributed by atoms with Crippen LogP contribution in [0.2, 0.25) is 0 Å². The van der Waals surface area contributed by atoms with E-state index in [1.807, 2.05) is 30.3 Å². The highest BCUT2D eigenvalue weighted by molar-refractivity contribution is 5.95. The lowest BCUT2D eigenvalue weighted by molar-refractivity contribution is 0.0922.